The van der Waals surface area contributed by atoms with Crippen LogP contribution in [0.15, 0.2) is 42.6 Å². The Morgan fingerprint density at radius 3 is 2.62 bits per heavy atom. The third kappa shape index (κ3) is 3.77. The van der Waals surface area contributed by atoms with E-state index >= 15 is 0 Å². The van der Waals surface area contributed by atoms with Crippen LogP contribution in [0.3, 0.4) is 0 Å². The fraction of sp³-hybridized carbons (Fsp3) is 0.381. The van der Waals surface area contributed by atoms with Crippen LogP contribution in [0.4, 0.5) is 4.79 Å². The Balaban J connectivity index is 1.19. The van der Waals surface area contributed by atoms with Gasteiger partial charge in [-0.15, -0.1) is 0 Å². The number of benzene rings is 1. The maximum atomic E-state index is 11.5. The molecule has 2 saturated heterocycles. The van der Waals surface area contributed by atoms with E-state index < -0.39 is 0 Å². The van der Waals surface area contributed by atoms with Crippen molar-refractivity contribution in [1.29, 1.82) is 0 Å². The molecule has 2 aliphatic rings. The average molecular weight is 410 g/mol. The third-order valence-corrected chi connectivity index (χ3v) is 6.77. The number of urea groups is 1. The van der Waals surface area contributed by atoms with Crippen LogP contribution in [0.5, 0.6) is 10.9 Å². The number of nitrogens with zero attached hydrogens (tertiary/aromatic N) is 4. The minimum absolute atomic E-state index is 0.291. The number of ether oxygens (including phenoxy) is 1. The Morgan fingerprint density at radius 1 is 1.17 bits per heavy atom. The molecule has 0 radical (unpaired) electrons. The number of piperazine rings is 1. The highest BCUT2D eigenvalue weighted by molar-refractivity contribution is 7.20. The van der Waals surface area contributed by atoms with Crippen LogP contribution in [-0.2, 0) is 6.42 Å². The molecule has 29 heavy (non-hydrogen) atoms. The normalized spacial score (nSPS) is 21.6. The molecule has 2 bridgehead atoms. The van der Waals surface area contributed by atoms with Gasteiger partial charge in [0.25, 0.3) is 5.19 Å². The number of amides is 2. The third-order valence-electron chi connectivity index (χ3n) is 5.88. The summed E-state index contributed by atoms with van der Waals surface area (Å²) >= 11 is 1.50. The van der Waals surface area contributed by atoms with Gasteiger partial charge in [-0.3, -0.25) is 4.90 Å². The molecule has 0 spiro atoms. The van der Waals surface area contributed by atoms with Gasteiger partial charge in [0.05, 0.1) is 4.70 Å². The van der Waals surface area contributed by atoms with E-state index in [1.165, 1.54) is 16.9 Å². The Morgan fingerprint density at radius 2 is 1.93 bits per heavy atom. The lowest BCUT2D eigenvalue weighted by Gasteiger charge is -2.40. The number of hydrogen-bond donors (Lipinski definition) is 1. The van der Waals surface area contributed by atoms with Gasteiger partial charge in [0.1, 0.15) is 5.75 Å². The number of primary amides is 1. The molecule has 2 unspecified atom stereocenters. The molecule has 3 aromatic rings. The zero-order chi connectivity index (χ0) is 19.8. The molecular formula is C21H23N5O2S. The summed E-state index contributed by atoms with van der Waals surface area (Å²) in [5.41, 5.74) is 7.47. The first-order valence-corrected chi connectivity index (χ1v) is 10.8. The van der Waals surface area contributed by atoms with Crippen LogP contribution in [-0.4, -0.2) is 57.5 Å². The highest BCUT2D eigenvalue weighted by Gasteiger charge is 2.40. The SMILES string of the molecule is NC(=O)N1CC2CCC(C1)N2CCc1ccc(Oc2nc3ncccc3s2)cc1. The Kier molecular flexibility index (Phi) is 4.81. The molecule has 2 amide bonds. The number of carbonyl (C=O) groups is 1. The predicted molar refractivity (Wildman–Crippen MR) is 112 cm³/mol. The number of nitrogens with two attached hydrogens (primary N) is 1. The van der Waals surface area contributed by atoms with E-state index in [1.54, 1.807) is 11.1 Å². The molecule has 8 heteroatoms. The molecule has 2 aliphatic heterocycles. The van der Waals surface area contributed by atoms with Crippen molar-refractivity contribution in [3.8, 4) is 10.9 Å². The van der Waals surface area contributed by atoms with E-state index in [2.05, 4.69) is 27.0 Å². The molecule has 7 nitrogen and oxygen atoms in total. The second-order valence-corrected chi connectivity index (χ2v) is 8.66. The molecule has 1 aromatic carbocycles. The van der Waals surface area contributed by atoms with Crippen molar-refractivity contribution in [3.63, 3.8) is 0 Å². The standard InChI is InChI=1S/C21H23N5O2S/c22-20(27)25-12-15-5-6-16(13-25)26(15)11-9-14-3-7-17(8-4-14)28-21-24-19-18(29-21)2-1-10-23-19/h1-4,7-8,10,15-16H,5-6,9,11-13H2,(H2,22,27). The van der Waals surface area contributed by atoms with Crippen molar-refractivity contribution in [3.05, 3.63) is 48.2 Å². The summed E-state index contributed by atoms with van der Waals surface area (Å²) in [6, 6.07) is 12.7. The van der Waals surface area contributed by atoms with Crippen molar-refractivity contribution >= 4 is 27.7 Å². The zero-order valence-corrected chi connectivity index (χ0v) is 16.8. The van der Waals surface area contributed by atoms with Gasteiger partial charge in [-0.25, -0.2) is 9.78 Å². The Labute approximate surface area is 173 Å². The first-order valence-electron chi connectivity index (χ1n) is 9.94. The van der Waals surface area contributed by atoms with Crippen LogP contribution in [0.25, 0.3) is 10.3 Å². The second-order valence-electron chi connectivity index (χ2n) is 7.67. The van der Waals surface area contributed by atoms with Gasteiger partial charge in [0.2, 0.25) is 0 Å². The summed E-state index contributed by atoms with van der Waals surface area (Å²) in [5.74, 6) is 0.781. The van der Waals surface area contributed by atoms with Crippen LogP contribution in [0, 0.1) is 0 Å². The monoisotopic (exact) mass is 409 g/mol. The number of likely N-dealkylation sites (tertiary alicyclic amines) is 1. The van der Waals surface area contributed by atoms with Crippen molar-refractivity contribution < 1.29 is 9.53 Å². The molecule has 5 rings (SSSR count). The second kappa shape index (κ2) is 7.61. The van der Waals surface area contributed by atoms with Crippen molar-refractivity contribution in [1.82, 2.24) is 19.8 Å². The smallest absolute Gasteiger partial charge is 0.314 e. The van der Waals surface area contributed by atoms with E-state index in [0.29, 0.717) is 17.3 Å². The van der Waals surface area contributed by atoms with Gasteiger partial charge in [0, 0.05) is 37.9 Å². The Bertz CT molecular complexity index is 974. The molecule has 150 valence electrons. The molecule has 2 N–H and O–H groups in total. The molecule has 2 aromatic heterocycles. The van der Waals surface area contributed by atoms with E-state index in [-0.39, 0.29) is 6.03 Å². The van der Waals surface area contributed by atoms with Gasteiger partial charge in [-0.2, -0.15) is 4.98 Å². The maximum absolute atomic E-state index is 11.5. The Hall–Kier alpha value is -2.71. The van der Waals surface area contributed by atoms with E-state index in [0.717, 1.165) is 55.0 Å². The number of pyridine rings is 1. The molecule has 4 heterocycles. The van der Waals surface area contributed by atoms with Crippen LogP contribution >= 0.6 is 11.3 Å². The molecular weight excluding hydrogens is 386 g/mol. The number of thiazole rings is 1. The van der Waals surface area contributed by atoms with Gasteiger partial charge in [0.15, 0.2) is 5.65 Å². The first-order chi connectivity index (χ1) is 14.2. The highest BCUT2D eigenvalue weighted by atomic mass is 32.1. The number of rotatable bonds is 5. The highest BCUT2D eigenvalue weighted by Crippen LogP contribution is 2.31. The lowest BCUT2D eigenvalue weighted by atomic mass is 10.1. The quantitative estimate of drug-likeness (QED) is 0.699. The summed E-state index contributed by atoms with van der Waals surface area (Å²) < 4.78 is 6.92. The van der Waals surface area contributed by atoms with E-state index in [4.69, 9.17) is 10.5 Å². The summed E-state index contributed by atoms with van der Waals surface area (Å²) in [5, 5.41) is 0.607. The van der Waals surface area contributed by atoms with Crippen molar-refractivity contribution in [2.75, 3.05) is 19.6 Å². The summed E-state index contributed by atoms with van der Waals surface area (Å²) in [6.45, 7) is 2.52. The lowest BCUT2D eigenvalue weighted by molar-refractivity contribution is 0.0868. The van der Waals surface area contributed by atoms with Crippen LogP contribution in [0.1, 0.15) is 18.4 Å². The van der Waals surface area contributed by atoms with Gasteiger partial charge < -0.3 is 15.4 Å². The molecule has 0 saturated carbocycles. The van der Waals surface area contributed by atoms with Crippen LogP contribution in [0.2, 0.25) is 0 Å². The fourth-order valence-corrected chi connectivity index (χ4v) is 5.21. The number of aromatic nitrogens is 2. The lowest BCUT2D eigenvalue weighted by Crippen LogP contribution is -2.56. The minimum atomic E-state index is -0.291. The molecule has 2 fully saturated rings. The van der Waals surface area contributed by atoms with E-state index in [9.17, 15) is 4.79 Å². The van der Waals surface area contributed by atoms with Gasteiger partial charge in [-0.05, 0) is 49.1 Å². The summed E-state index contributed by atoms with van der Waals surface area (Å²) in [6.07, 6.45) is 5.02. The van der Waals surface area contributed by atoms with Gasteiger partial charge >= 0.3 is 6.03 Å². The van der Waals surface area contributed by atoms with Gasteiger partial charge in [-0.1, -0.05) is 23.5 Å². The van der Waals surface area contributed by atoms with Crippen LogP contribution < -0.4 is 10.5 Å². The largest absolute Gasteiger partial charge is 0.431 e. The maximum Gasteiger partial charge on any atom is 0.314 e. The molecule has 2 atom stereocenters. The number of carbonyl (C=O) groups excluding carboxylic acids is 1. The first kappa shape index (κ1) is 18.3. The molecule has 0 aliphatic carbocycles. The summed E-state index contributed by atoms with van der Waals surface area (Å²) in [4.78, 5) is 24.5. The topological polar surface area (TPSA) is 84.6 Å². The summed E-state index contributed by atoms with van der Waals surface area (Å²) in [7, 11) is 0. The van der Waals surface area contributed by atoms with Crippen molar-refractivity contribution in [2.45, 2.75) is 31.3 Å². The number of hydrogen-bond acceptors (Lipinski definition) is 6. The predicted octanol–water partition coefficient (Wildman–Crippen LogP) is 3.25. The zero-order valence-electron chi connectivity index (χ0n) is 16.0. The van der Waals surface area contributed by atoms with E-state index in [1.807, 2.05) is 24.3 Å². The van der Waals surface area contributed by atoms with Crippen molar-refractivity contribution in [2.24, 2.45) is 5.73 Å². The number of fused-ring (bicyclic) bond motifs is 3. The average Bonchev–Trinajstić information content (AvgIpc) is 3.23. The fourth-order valence-electron chi connectivity index (χ4n) is 4.41. The minimum Gasteiger partial charge on any atom is -0.431 e.